The first-order chi connectivity index (χ1) is 13.7. The summed E-state index contributed by atoms with van der Waals surface area (Å²) in [6.07, 6.45) is -1.07. The van der Waals surface area contributed by atoms with Crippen molar-refractivity contribution in [2.45, 2.75) is 39.5 Å². The van der Waals surface area contributed by atoms with E-state index in [4.69, 9.17) is 0 Å². The van der Waals surface area contributed by atoms with Crippen LogP contribution in [0, 0.1) is 19.8 Å². The maximum atomic E-state index is 13.2. The van der Waals surface area contributed by atoms with E-state index >= 15 is 0 Å². The summed E-state index contributed by atoms with van der Waals surface area (Å²) in [6, 6.07) is 10.8. The second-order valence-electron chi connectivity index (χ2n) is 7.46. The number of pyridine rings is 1. The highest BCUT2D eigenvalue weighted by molar-refractivity contribution is 5.34. The predicted molar refractivity (Wildman–Crippen MR) is 106 cm³/mol. The van der Waals surface area contributed by atoms with Gasteiger partial charge in [-0.05, 0) is 61.2 Å². The molecule has 1 aromatic carbocycles. The van der Waals surface area contributed by atoms with Gasteiger partial charge in [0.25, 0.3) is 0 Å². The lowest BCUT2D eigenvalue weighted by atomic mass is 9.97. The van der Waals surface area contributed by atoms with E-state index in [0.717, 1.165) is 29.6 Å². The van der Waals surface area contributed by atoms with Crippen LogP contribution in [-0.4, -0.2) is 21.3 Å². The number of aryl methyl sites for hydroxylation is 2. The Hall–Kier alpha value is -2.67. The van der Waals surface area contributed by atoms with Crippen molar-refractivity contribution in [3.05, 3.63) is 82.9 Å². The molecule has 2 atom stereocenters. The van der Waals surface area contributed by atoms with Gasteiger partial charge in [-0.3, -0.25) is 9.67 Å². The Morgan fingerprint density at radius 2 is 1.76 bits per heavy atom. The Morgan fingerprint density at radius 3 is 2.38 bits per heavy atom. The minimum Gasteiger partial charge on any atom is -0.306 e. The number of nitrogens with one attached hydrogen (secondary N) is 1. The van der Waals surface area contributed by atoms with Gasteiger partial charge in [0.2, 0.25) is 0 Å². The van der Waals surface area contributed by atoms with Crippen LogP contribution in [0.25, 0.3) is 0 Å². The molecule has 3 aromatic rings. The Morgan fingerprint density at radius 1 is 1.03 bits per heavy atom. The molecule has 0 aliphatic heterocycles. The summed E-state index contributed by atoms with van der Waals surface area (Å²) in [5.74, 6) is 0.239. The second kappa shape index (κ2) is 8.78. The third kappa shape index (κ3) is 5.44. The van der Waals surface area contributed by atoms with Crippen molar-refractivity contribution in [1.82, 2.24) is 20.1 Å². The molecule has 1 N–H and O–H groups in total. The van der Waals surface area contributed by atoms with Crippen LogP contribution in [0.5, 0.6) is 0 Å². The molecule has 0 fully saturated rings. The first-order valence-electron chi connectivity index (χ1n) is 9.55. The van der Waals surface area contributed by atoms with Crippen molar-refractivity contribution < 1.29 is 13.2 Å². The van der Waals surface area contributed by atoms with Gasteiger partial charge in [0.05, 0.1) is 17.3 Å². The maximum Gasteiger partial charge on any atom is 0.416 e. The van der Waals surface area contributed by atoms with Crippen LogP contribution < -0.4 is 5.32 Å². The van der Waals surface area contributed by atoms with E-state index in [1.54, 1.807) is 18.5 Å². The van der Waals surface area contributed by atoms with Gasteiger partial charge in [0.1, 0.15) is 0 Å². The zero-order valence-electron chi connectivity index (χ0n) is 16.7. The number of halogens is 3. The van der Waals surface area contributed by atoms with Gasteiger partial charge >= 0.3 is 6.18 Å². The number of nitrogens with zero attached hydrogens (tertiary/aromatic N) is 3. The molecule has 7 heteroatoms. The lowest BCUT2D eigenvalue weighted by Crippen LogP contribution is -2.29. The van der Waals surface area contributed by atoms with E-state index < -0.39 is 11.7 Å². The lowest BCUT2D eigenvalue weighted by Gasteiger charge is -2.23. The summed E-state index contributed by atoms with van der Waals surface area (Å²) < 4.78 is 41.5. The molecule has 3 rings (SSSR count). The van der Waals surface area contributed by atoms with Crippen LogP contribution in [-0.2, 0) is 12.7 Å². The topological polar surface area (TPSA) is 42.7 Å². The summed E-state index contributed by atoms with van der Waals surface area (Å²) in [6.45, 7) is 7.43. The molecule has 0 aliphatic rings. The molecule has 154 valence electrons. The Labute approximate surface area is 168 Å². The molecule has 0 saturated carbocycles. The third-order valence-electron chi connectivity index (χ3n) is 4.85. The minimum atomic E-state index is -4.37. The summed E-state index contributed by atoms with van der Waals surface area (Å²) in [5, 5.41) is 7.93. The quantitative estimate of drug-likeness (QED) is 0.609. The van der Waals surface area contributed by atoms with Gasteiger partial charge in [-0.1, -0.05) is 19.1 Å². The number of aromatic nitrogens is 3. The molecule has 2 aromatic heterocycles. The fourth-order valence-corrected chi connectivity index (χ4v) is 3.42. The number of benzene rings is 1. The van der Waals surface area contributed by atoms with Crippen LogP contribution in [0.2, 0.25) is 0 Å². The number of rotatable bonds is 7. The fraction of sp³-hybridized carbons (Fsp3) is 0.364. The van der Waals surface area contributed by atoms with Crippen molar-refractivity contribution in [2.75, 3.05) is 6.54 Å². The molecule has 29 heavy (non-hydrogen) atoms. The molecule has 0 saturated heterocycles. The smallest absolute Gasteiger partial charge is 0.306 e. The molecule has 0 bridgehead atoms. The first-order valence-corrected chi connectivity index (χ1v) is 9.55. The second-order valence-corrected chi connectivity index (χ2v) is 7.46. The van der Waals surface area contributed by atoms with Crippen LogP contribution >= 0.6 is 0 Å². The van der Waals surface area contributed by atoms with Crippen molar-refractivity contribution in [3.8, 4) is 0 Å². The largest absolute Gasteiger partial charge is 0.416 e. The lowest BCUT2D eigenvalue weighted by molar-refractivity contribution is -0.137. The summed E-state index contributed by atoms with van der Waals surface area (Å²) in [4.78, 5) is 4.02. The highest BCUT2D eigenvalue weighted by atomic mass is 19.4. The molecule has 0 amide bonds. The van der Waals surface area contributed by atoms with Gasteiger partial charge in [-0.25, -0.2) is 0 Å². The maximum absolute atomic E-state index is 13.2. The SMILES string of the molecule is Cc1cc(C)n(C[C@H](C)CN[C@@H](c2ccncc2)c2cccc(C(F)(F)F)c2)n1. The summed E-state index contributed by atoms with van der Waals surface area (Å²) in [5.41, 5.74) is 2.87. The zero-order valence-corrected chi connectivity index (χ0v) is 16.7. The van der Waals surface area contributed by atoms with E-state index in [9.17, 15) is 13.2 Å². The Kier molecular flexibility index (Phi) is 6.37. The zero-order chi connectivity index (χ0) is 21.0. The van der Waals surface area contributed by atoms with Crippen LogP contribution in [0.1, 0.15) is 41.0 Å². The fourth-order valence-electron chi connectivity index (χ4n) is 3.42. The molecular formula is C22H25F3N4. The average Bonchev–Trinajstić information content (AvgIpc) is 2.99. The number of alkyl halides is 3. The standard InChI is InChI=1S/C22H25F3N4/c1-15(14-29-17(3)11-16(2)28-29)13-27-21(18-7-9-26-10-8-18)19-5-4-6-20(12-19)22(23,24)25/h4-12,15,21,27H,13-14H2,1-3H3/t15-,21+/m1/s1. The van der Waals surface area contributed by atoms with Gasteiger partial charge in [-0.2, -0.15) is 18.3 Å². The van der Waals surface area contributed by atoms with E-state index in [1.165, 1.54) is 12.1 Å². The average molecular weight is 402 g/mol. The van der Waals surface area contributed by atoms with Gasteiger partial charge < -0.3 is 5.32 Å². The molecule has 0 radical (unpaired) electrons. The Balaban J connectivity index is 1.79. The van der Waals surface area contributed by atoms with Crippen molar-refractivity contribution in [3.63, 3.8) is 0 Å². The minimum absolute atomic E-state index is 0.239. The highest BCUT2D eigenvalue weighted by Crippen LogP contribution is 2.32. The number of hydrogen-bond donors (Lipinski definition) is 1. The molecule has 4 nitrogen and oxygen atoms in total. The summed E-state index contributed by atoms with van der Waals surface area (Å²) in [7, 11) is 0. The van der Waals surface area contributed by atoms with E-state index in [-0.39, 0.29) is 12.0 Å². The van der Waals surface area contributed by atoms with E-state index in [2.05, 4.69) is 22.3 Å². The summed E-state index contributed by atoms with van der Waals surface area (Å²) >= 11 is 0. The third-order valence-corrected chi connectivity index (χ3v) is 4.85. The first kappa shape index (κ1) is 21.0. The Bertz CT molecular complexity index is 935. The van der Waals surface area contributed by atoms with Gasteiger partial charge in [-0.15, -0.1) is 0 Å². The van der Waals surface area contributed by atoms with E-state index in [0.29, 0.717) is 12.1 Å². The van der Waals surface area contributed by atoms with Crippen LogP contribution in [0.3, 0.4) is 0 Å². The molecule has 0 unspecified atom stereocenters. The molecular weight excluding hydrogens is 377 g/mol. The van der Waals surface area contributed by atoms with Crippen LogP contribution in [0.4, 0.5) is 13.2 Å². The van der Waals surface area contributed by atoms with Gasteiger partial charge in [0, 0.05) is 31.2 Å². The van der Waals surface area contributed by atoms with Gasteiger partial charge in [0.15, 0.2) is 0 Å². The van der Waals surface area contributed by atoms with E-state index in [1.807, 2.05) is 36.7 Å². The molecule has 2 heterocycles. The predicted octanol–water partition coefficient (Wildman–Crippen LogP) is 4.93. The molecule has 0 spiro atoms. The van der Waals surface area contributed by atoms with Crippen LogP contribution in [0.15, 0.2) is 54.9 Å². The van der Waals surface area contributed by atoms with Crippen molar-refractivity contribution in [1.29, 1.82) is 0 Å². The van der Waals surface area contributed by atoms with Crippen molar-refractivity contribution in [2.24, 2.45) is 5.92 Å². The monoisotopic (exact) mass is 402 g/mol. The number of hydrogen-bond acceptors (Lipinski definition) is 3. The molecule has 0 aliphatic carbocycles. The van der Waals surface area contributed by atoms with Crippen molar-refractivity contribution >= 4 is 0 Å². The normalized spacial score (nSPS) is 14.0. The highest BCUT2D eigenvalue weighted by Gasteiger charge is 2.31.